The largest absolute Gasteiger partial charge is 0.502 e. The maximum atomic E-state index is 12.2. The predicted molar refractivity (Wildman–Crippen MR) is 79.6 cm³/mol. The molecule has 0 unspecified atom stereocenters. The van der Waals surface area contributed by atoms with Crippen molar-refractivity contribution in [1.29, 1.82) is 0 Å². The SMILES string of the molecule is O=c1c(O)c(-c2ccccc2)oc2ccc(Cl)c(Cl)c12. The molecule has 0 aliphatic heterocycles. The molecule has 2 aromatic carbocycles. The zero-order valence-electron chi connectivity index (χ0n) is 10.1. The standard InChI is InChI=1S/C15H8Cl2O3/c16-9-6-7-10-11(12(9)17)13(18)14(19)15(20-10)8-4-2-1-3-5-8/h1-7,19H. The van der Waals surface area contributed by atoms with E-state index >= 15 is 0 Å². The molecule has 0 bridgehead atoms. The van der Waals surface area contributed by atoms with Gasteiger partial charge >= 0.3 is 0 Å². The minimum atomic E-state index is -0.599. The number of hydrogen-bond donors (Lipinski definition) is 1. The lowest BCUT2D eigenvalue weighted by Crippen LogP contribution is -2.03. The Kier molecular flexibility index (Phi) is 3.16. The fourth-order valence-corrected chi connectivity index (χ4v) is 2.39. The van der Waals surface area contributed by atoms with Crippen LogP contribution < -0.4 is 5.43 Å². The number of halogens is 2. The van der Waals surface area contributed by atoms with E-state index in [9.17, 15) is 9.90 Å². The van der Waals surface area contributed by atoms with Crippen molar-refractivity contribution < 1.29 is 9.52 Å². The first-order valence-electron chi connectivity index (χ1n) is 5.79. The van der Waals surface area contributed by atoms with Gasteiger partial charge < -0.3 is 9.52 Å². The summed E-state index contributed by atoms with van der Waals surface area (Å²) >= 11 is 11.9. The molecular formula is C15H8Cl2O3. The molecule has 0 atom stereocenters. The highest BCUT2D eigenvalue weighted by atomic mass is 35.5. The number of rotatable bonds is 1. The molecular weight excluding hydrogens is 299 g/mol. The van der Waals surface area contributed by atoms with E-state index in [1.165, 1.54) is 0 Å². The Morgan fingerprint density at radius 3 is 2.40 bits per heavy atom. The Hall–Kier alpha value is -1.97. The maximum Gasteiger partial charge on any atom is 0.236 e. The molecule has 0 amide bonds. The van der Waals surface area contributed by atoms with Gasteiger partial charge in [-0.2, -0.15) is 0 Å². The summed E-state index contributed by atoms with van der Waals surface area (Å²) in [4.78, 5) is 12.2. The van der Waals surface area contributed by atoms with Gasteiger partial charge in [-0.25, -0.2) is 0 Å². The van der Waals surface area contributed by atoms with Crippen LogP contribution >= 0.6 is 23.2 Å². The van der Waals surface area contributed by atoms with Crippen molar-refractivity contribution in [3.8, 4) is 17.1 Å². The molecule has 0 saturated heterocycles. The fourth-order valence-electron chi connectivity index (χ4n) is 1.99. The number of fused-ring (bicyclic) bond motifs is 1. The molecule has 3 nitrogen and oxygen atoms in total. The van der Waals surface area contributed by atoms with E-state index in [1.807, 2.05) is 6.07 Å². The lowest BCUT2D eigenvalue weighted by Gasteiger charge is -2.07. The molecule has 1 aromatic heterocycles. The van der Waals surface area contributed by atoms with Crippen LogP contribution in [0.5, 0.6) is 5.75 Å². The van der Waals surface area contributed by atoms with Gasteiger partial charge in [-0.15, -0.1) is 0 Å². The van der Waals surface area contributed by atoms with E-state index in [0.717, 1.165) is 0 Å². The fraction of sp³-hybridized carbons (Fsp3) is 0. The molecule has 0 aliphatic rings. The van der Waals surface area contributed by atoms with E-state index in [2.05, 4.69) is 0 Å². The summed E-state index contributed by atoms with van der Waals surface area (Å²) in [6, 6.07) is 12.0. The smallest absolute Gasteiger partial charge is 0.236 e. The second kappa shape index (κ2) is 4.85. The monoisotopic (exact) mass is 306 g/mol. The van der Waals surface area contributed by atoms with E-state index in [1.54, 1.807) is 36.4 Å². The molecule has 0 spiro atoms. The average molecular weight is 307 g/mol. The lowest BCUT2D eigenvalue weighted by atomic mass is 10.1. The summed E-state index contributed by atoms with van der Waals surface area (Å²) in [6.07, 6.45) is 0. The second-order valence-electron chi connectivity index (χ2n) is 4.21. The minimum absolute atomic E-state index is 0.0767. The molecule has 0 aliphatic carbocycles. The van der Waals surface area contributed by atoms with Crippen LogP contribution in [0, 0.1) is 0 Å². The zero-order chi connectivity index (χ0) is 14.3. The van der Waals surface area contributed by atoms with Crippen LogP contribution in [0.1, 0.15) is 0 Å². The first kappa shape index (κ1) is 13.0. The van der Waals surface area contributed by atoms with Crippen molar-refractivity contribution >= 4 is 34.2 Å². The third-order valence-electron chi connectivity index (χ3n) is 2.96. The van der Waals surface area contributed by atoms with Gasteiger partial charge in [0.05, 0.1) is 15.4 Å². The van der Waals surface area contributed by atoms with E-state index < -0.39 is 11.2 Å². The summed E-state index contributed by atoms with van der Waals surface area (Å²) in [5, 5.41) is 10.4. The van der Waals surface area contributed by atoms with E-state index in [4.69, 9.17) is 27.6 Å². The first-order chi connectivity index (χ1) is 9.59. The molecule has 0 radical (unpaired) electrons. The topological polar surface area (TPSA) is 50.4 Å². The maximum absolute atomic E-state index is 12.2. The molecule has 1 heterocycles. The quantitative estimate of drug-likeness (QED) is 0.721. The van der Waals surface area contributed by atoms with Crippen LogP contribution in [0.15, 0.2) is 51.7 Å². The lowest BCUT2D eigenvalue weighted by molar-refractivity contribution is 0.449. The van der Waals surface area contributed by atoms with Crippen LogP contribution in [0.25, 0.3) is 22.3 Å². The minimum Gasteiger partial charge on any atom is -0.502 e. The van der Waals surface area contributed by atoms with Gasteiger partial charge in [0.15, 0.2) is 5.76 Å². The Labute approximate surface area is 124 Å². The predicted octanol–water partition coefficient (Wildman–Crippen LogP) is 4.47. The van der Waals surface area contributed by atoms with Crippen LogP contribution in [0.3, 0.4) is 0 Å². The summed E-state index contributed by atoms with van der Waals surface area (Å²) in [5.74, 6) is -0.366. The Morgan fingerprint density at radius 1 is 1.00 bits per heavy atom. The van der Waals surface area contributed by atoms with E-state index in [0.29, 0.717) is 5.56 Å². The van der Waals surface area contributed by atoms with Gasteiger partial charge in [0.2, 0.25) is 11.2 Å². The molecule has 3 aromatic rings. The molecule has 0 fully saturated rings. The molecule has 0 saturated carbocycles. The van der Waals surface area contributed by atoms with Gasteiger partial charge in [-0.05, 0) is 12.1 Å². The van der Waals surface area contributed by atoms with Crippen molar-refractivity contribution in [2.24, 2.45) is 0 Å². The molecule has 20 heavy (non-hydrogen) atoms. The van der Waals surface area contributed by atoms with Crippen molar-refractivity contribution in [1.82, 2.24) is 0 Å². The second-order valence-corrected chi connectivity index (χ2v) is 4.99. The Balaban J connectivity index is 2.42. The molecule has 1 N–H and O–H groups in total. The van der Waals surface area contributed by atoms with Crippen LogP contribution in [-0.2, 0) is 0 Å². The third-order valence-corrected chi connectivity index (χ3v) is 3.77. The Morgan fingerprint density at radius 2 is 1.70 bits per heavy atom. The van der Waals surface area contributed by atoms with Crippen LogP contribution in [0.4, 0.5) is 0 Å². The number of hydrogen-bond acceptors (Lipinski definition) is 3. The zero-order valence-corrected chi connectivity index (χ0v) is 11.6. The van der Waals surface area contributed by atoms with Crippen molar-refractivity contribution in [2.75, 3.05) is 0 Å². The number of aromatic hydroxyl groups is 1. The molecule has 100 valence electrons. The number of benzene rings is 2. The van der Waals surface area contributed by atoms with Crippen molar-refractivity contribution in [3.63, 3.8) is 0 Å². The van der Waals surface area contributed by atoms with Crippen LogP contribution in [0.2, 0.25) is 10.0 Å². The first-order valence-corrected chi connectivity index (χ1v) is 6.54. The van der Waals surface area contributed by atoms with Gasteiger partial charge in [-0.1, -0.05) is 53.5 Å². The summed E-state index contributed by atoms with van der Waals surface area (Å²) in [6.45, 7) is 0. The van der Waals surface area contributed by atoms with Crippen molar-refractivity contribution in [2.45, 2.75) is 0 Å². The normalized spacial score (nSPS) is 10.9. The van der Waals surface area contributed by atoms with Crippen LogP contribution in [-0.4, -0.2) is 5.11 Å². The van der Waals surface area contributed by atoms with Gasteiger partial charge in [0.25, 0.3) is 0 Å². The van der Waals surface area contributed by atoms with Gasteiger partial charge in [-0.3, -0.25) is 4.79 Å². The average Bonchev–Trinajstić information content (AvgIpc) is 2.47. The Bertz CT molecular complexity index is 854. The third kappa shape index (κ3) is 1.96. The highest BCUT2D eigenvalue weighted by molar-refractivity contribution is 6.45. The summed E-state index contributed by atoms with van der Waals surface area (Å²) in [7, 11) is 0. The highest BCUT2D eigenvalue weighted by Gasteiger charge is 2.18. The summed E-state index contributed by atoms with van der Waals surface area (Å²) in [5.41, 5.74) is 0.286. The van der Waals surface area contributed by atoms with Gasteiger partial charge in [0, 0.05) is 5.56 Å². The highest BCUT2D eigenvalue weighted by Crippen LogP contribution is 2.34. The van der Waals surface area contributed by atoms with Crippen molar-refractivity contribution in [3.05, 3.63) is 62.7 Å². The van der Waals surface area contributed by atoms with Gasteiger partial charge in [0.1, 0.15) is 5.58 Å². The van der Waals surface area contributed by atoms with E-state index in [-0.39, 0.29) is 26.8 Å². The summed E-state index contributed by atoms with van der Waals surface area (Å²) < 4.78 is 5.60. The molecule has 3 rings (SSSR count). The molecule has 5 heteroatoms.